The maximum absolute atomic E-state index is 11.2. The Kier molecular flexibility index (Phi) is 5.57. The quantitative estimate of drug-likeness (QED) is 0.557. The van der Waals surface area contributed by atoms with Crippen LogP contribution in [0.3, 0.4) is 0 Å². The molecule has 1 atom stereocenters. The number of rotatable bonds is 3. The summed E-state index contributed by atoms with van der Waals surface area (Å²) >= 11 is 1.04. The van der Waals surface area contributed by atoms with E-state index in [0.29, 0.717) is 0 Å². The first-order valence-electron chi connectivity index (χ1n) is 3.78. The van der Waals surface area contributed by atoms with Crippen LogP contribution in [0.15, 0.2) is 5.38 Å². The van der Waals surface area contributed by atoms with E-state index >= 15 is 0 Å². The van der Waals surface area contributed by atoms with Crippen LogP contribution >= 0.6 is 35.9 Å². The number of carbonyl (C=O) groups is 1. The molecule has 4 N–H and O–H groups in total. The van der Waals surface area contributed by atoms with Gasteiger partial charge in [0.1, 0.15) is 0 Å². The van der Waals surface area contributed by atoms with Gasteiger partial charge in [0.2, 0.25) is 0 Å². The second-order valence-corrected chi connectivity index (χ2v) is 5.46. The zero-order chi connectivity index (χ0) is 11.6. The van der Waals surface area contributed by atoms with E-state index in [0.717, 1.165) is 18.3 Å². The van der Waals surface area contributed by atoms with Crippen molar-refractivity contribution in [2.45, 2.75) is 12.8 Å². The van der Waals surface area contributed by atoms with Crippen LogP contribution in [0.1, 0.15) is 17.4 Å². The number of nitrogens with two attached hydrogens (primary N) is 1. The second-order valence-electron chi connectivity index (χ2n) is 2.66. The Hall–Kier alpha value is -0.470. The van der Waals surface area contributed by atoms with Gasteiger partial charge in [-0.1, -0.05) is 0 Å². The molecule has 1 heterocycles. The summed E-state index contributed by atoms with van der Waals surface area (Å²) in [6, 6.07) is 0. The van der Waals surface area contributed by atoms with Crippen LogP contribution in [0.25, 0.3) is 0 Å². The van der Waals surface area contributed by atoms with E-state index in [4.69, 9.17) is 15.5 Å². The number of nitrogens with zero attached hydrogens (tertiary/aromatic N) is 1. The molecule has 0 saturated heterocycles. The second kappa shape index (κ2) is 5.74. The summed E-state index contributed by atoms with van der Waals surface area (Å²) in [5.74, 6) is -2.40. The standard InChI is InChI=1S/C6H9N2O5PS.BrH/c1-3(14(10,11)12)13-5(9)4-2-15-6(7)8-4;/h2-3H,1H3,(H2,7,8)(H2,10,11,12);1H. The van der Waals surface area contributed by atoms with Gasteiger partial charge in [0.15, 0.2) is 16.7 Å². The van der Waals surface area contributed by atoms with Crippen molar-refractivity contribution in [1.29, 1.82) is 0 Å². The fourth-order valence-electron chi connectivity index (χ4n) is 0.665. The van der Waals surface area contributed by atoms with Gasteiger partial charge >= 0.3 is 13.6 Å². The molecular formula is C6H10BrN2O5PS. The number of esters is 1. The fraction of sp³-hybridized carbons (Fsp3) is 0.333. The molecule has 0 radical (unpaired) electrons. The van der Waals surface area contributed by atoms with Gasteiger partial charge < -0.3 is 20.3 Å². The summed E-state index contributed by atoms with van der Waals surface area (Å²) in [4.78, 5) is 32.2. The fourth-order valence-corrected chi connectivity index (χ4v) is 1.43. The number of hydrogen-bond donors (Lipinski definition) is 3. The first kappa shape index (κ1) is 15.5. The summed E-state index contributed by atoms with van der Waals surface area (Å²) in [7, 11) is -4.42. The first-order chi connectivity index (χ1) is 6.80. The van der Waals surface area contributed by atoms with E-state index in [-0.39, 0.29) is 27.8 Å². The summed E-state index contributed by atoms with van der Waals surface area (Å²) < 4.78 is 15.2. The molecule has 7 nitrogen and oxygen atoms in total. The van der Waals surface area contributed by atoms with Crippen molar-refractivity contribution in [1.82, 2.24) is 4.98 Å². The summed E-state index contributed by atoms with van der Waals surface area (Å²) in [6.45, 7) is 1.11. The van der Waals surface area contributed by atoms with Crippen molar-refractivity contribution < 1.29 is 23.9 Å². The minimum absolute atomic E-state index is 0. The number of carbonyl (C=O) groups excluding carboxylic acids is 1. The molecule has 1 aromatic heterocycles. The Balaban J connectivity index is 0.00000225. The lowest BCUT2D eigenvalue weighted by molar-refractivity contribution is 0.0423. The summed E-state index contributed by atoms with van der Waals surface area (Å²) in [6.07, 6.45) is 0. The molecule has 0 aromatic carbocycles. The SMILES string of the molecule is Br.CC(OC(=O)c1csc(N)n1)P(=O)(O)O. The normalized spacial score (nSPS) is 12.7. The lowest BCUT2D eigenvalue weighted by atomic mass is 10.5. The number of ether oxygens (including phenoxy) is 1. The van der Waals surface area contributed by atoms with Crippen LogP contribution in [0, 0.1) is 0 Å². The van der Waals surface area contributed by atoms with Crippen molar-refractivity contribution in [2.24, 2.45) is 0 Å². The summed E-state index contributed by atoms with van der Waals surface area (Å²) in [5.41, 5.74) is 5.22. The van der Waals surface area contributed by atoms with Gasteiger partial charge in [0, 0.05) is 5.38 Å². The van der Waals surface area contributed by atoms with Gasteiger partial charge in [0.05, 0.1) is 0 Å². The van der Waals surface area contributed by atoms with Crippen molar-refractivity contribution in [3.8, 4) is 0 Å². The minimum atomic E-state index is -4.42. The van der Waals surface area contributed by atoms with Gasteiger partial charge in [-0.25, -0.2) is 9.78 Å². The van der Waals surface area contributed by atoms with E-state index in [9.17, 15) is 9.36 Å². The predicted octanol–water partition coefficient (Wildman–Crippen LogP) is 0.984. The topological polar surface area (TPSA) is 123 Å². The molecule has 1 aromatic rings. The van der Waals surface area contributed by atoms with Gasteiger partial charge in [-0.05, 0) is 6.92 Å². The molecule has 0 bridgehead atoms. The number of halogens is 1. The maximum Gasteiger partial charge on any atom is 0.365 e. The number of aromatic nitrogens is 1. The number of nitrogen functional groups attached to an aromatic ring is 1. The van der Waals surface area contributed by atoms with Gasteiger partial charge in [0.25, 0.3) is 0 Å². The summed E-state index contributed by atoms with van der Waals surface area (Å²) in [5, 5.41) is 1.54. The Bertz CT molecular complexity index is 419. The number of hydrogen-bond acceptors (Lipinski definition) is 6. The molecule has 0 aliphatic heterocycles. The zero-order valence-corrected chi connectivity index (χ0v) is 11.5. The van der Waals surface area contributed by atoms with Gasteiger partial charge in [-0.2, -0.15) is 0 Å². The Labute approximate surface area is 106 Å². The van der Waals surface area contributed by atoms with Crippen LogP contribution in [0.4, 0.5) is 5.13 Å². The van der Waals surface area contributed by atoms with E-state index in [1.165, 1.54) is 5.38 Å². The highest BCUT2D eigenvalue weighted by atomic mass is 79.9. The monoisotopic (exact) mass is 332 g/mol. The smallest absolute Gasteiger partial charge is 0.365 e. The molecule has 0 fully saturated rings. The van der Waals surface area contributed by atoms with Crippen LogP contribution in [-0.4, -0.2) is 26.6 Å². The number of anilines is 1. The molecule has 1 unspecified atom stereocenters. The molecule has 10 heteroatoms. The largest absolute Gasteiger partial charge is 0.445 e. The maximum atomic E-state index is 11.2. The predicted molar refractivity (Wildman–Crippen MR) is 63.8 cm³/mol. The van der Waals surface area contributed by atoms with Gasteiger partial charge in [-0.15, -0.1) is 28.3 Å². The van der Waals surface area contributed by atoms with Crippen LogP contribution in [0.5, 0.6) is 0 Å². The van der Waals surface area contributed by atoms with E-state index in [1.54, 1.807) is 0 Å². The van der Waals surface area contributed by atoms with Crippen molar-refractivity contribution >= 4 is 47.0 Å². The molecule has 1 rings (SSSR count). The minimum Gasteiger partial charge on any atom is -0.445 e. The highest BCUT2D eigenvalue weighted by Gasteiger charge is 2.28. The molecular weight excluding hydrogens is 323 g/mol. The average molecular weight is 333 g/mol. The zero-order valence-electron chi connectivity index (χ0n) is 8.06. The molecule has 0 spiro atoms. The first-order valence-corrected chi connectivity index (χ1v) is 6.34. The molecule has 0 amide bonds. The highest BCUT2D eigenvalue weighted by Crippen LogP contribution is 2.41. The molecule has 0 saturated carbocycles. The Morgan fingerprint density at radius 2 is 2.25 bits per heavy atom. The third-order valence-electron chi connectivity index (χ3n) is 1.48. The van der Waals surface area contributed by atoms with Crippen molar-refractivity contribution in [3.05, 3.63) is 11.1 Å². The van der Waals surface area contributed by atoms with Crippen molar-refractivity contribution in [3.63, 3.8) is 0 Å². The van der Waals surface area contributed by atoms with E-state index in [1.807, 2.05) is 0 Å². The Morgan fingerprint density at radius 1 is 1.69 bits per heavy atom. The molecule has 0 aliphatic carbocycles. The number of thiazole rings is 1. The molecule has 16 heavy (non-hydrogen) atoms. The third kappa shape index (κ3) is 4.18. The Morgan fingerprint density at radius 3 is 2.62 bits per heavy atom. The highest BCUT2D eigenvalue weighted by molar-refractivity contribution is 8.93. The van der Waals surface area contributed by atoms with E-state index < -0.39 is 19.4 Å². The van der Waals surface area contributed by atoms with Gasteiger partial charge in [-0.3, -0.25) is 4.57 Å². The molecule has 0 aliphatic rings. The van der Waals surface area contributed by atoms with Crippen LogP contribution < -0.4 is 5.73 Å². The van der Waals surface area contributed by atoms with Crippen molar-refractivity contribution in [2.75, 3.05) is 5.73 Å². The molecule has 92 valence electrons. The average Bonchev–Trinajstić information content (AvgIpc) is 2.50. The lowest BCUT2D eigenvalue weighted by Gasteiger charge is -2.13. The third-order valence-corrected chi connectivity index (χ3v) is 3.21. The lowest BCUT2D eigenvalue weighted by Crippen LogP contribution is -2.15. The van der Waals surface area contributed by atoms with Crippen LogP contribution in [-0.2, 0) is 9.30 Å². The van der Waals surface area contributed by atoms with E-state index in [2.05, 4.69) is 9.72 Å². The van der Waals surface area contributed by atoms with Crippen LogP contribution in [0.2, 0.25) is 0 Å².